The summed E-state index contributed by atoms with van der Waals surface area (Å²) in [4.78, 5) is 44.3. The second-order valence-electron chi connectivity index (χ2n) is 7.23. The largest absolute Gasteiger partial charge is 0.469 e. The highest BCUT2D eigenvalue weighted by Gasteiger charge is 2.53. The molecule has 1 aromatic carbocycles. The van der Waals surface area contributed by atoms with Crippen molar-refractivity contribution in [3.8, 4) is 0 Å². The lowest BCUT2D eigenvalue weighted by Crippen LogP contribution is -2.61. The molecule has 0 aliphatic carbocycles. The van der Waals surface area contributed by atoms with Crippen LogP contribution in [0.4, 0.5) is 5.69 Å². The van der Waals surface area contributed by atoms with Crippen LogP contribution in [0.3, 0.4) is 0 Å². The van der Waals surface area contributed by atoms with Crippen molar-refractivity contribution in [3.63, 3.8) is 0 Å². The maximum atomic E-state index is 12.9. The van der Waals surface area contributed by atoms with E-state index in [0.29, 0.717) is 5.69 Å². The fourth-order valence-corrected chi connectivity index (χ4v) is 3.83. The van der Waals surface area contributed by atoms with Crippen LogP contribution in [-0.4, -0.2) is 92.2 Å². The number of aliphatic imine (C=N–C) groups is 3. The van der Waals surface area contributed by atoms with Crippen LogP contribution in [0.1, 0.15) is 0 Å². The van der Waals surface area contributed by atoms with Crippen molar-refractivity contribution in [2.75, 3.05) is 18.6 Å². The van der Waals surface area contributed by atoms with Gasteiger partial charge in [-0.15, -0.1) is 0 Å². The molecule has 4 rings (SSSR count). The van der Waals surface area contributed by atoms with Crippen molar-refractivity contribution in [3.05, 3.63) is 30.3 Å². The predicted molar refractivity (Wildman–Crippen MR) is 111 cm³/mol. The quantitative estimate of drug-likeness (QED) is 0.252. The number of nitrogens with one attached hydrogen (secondary N) is 1. The summed E-state index contributed by atoms with van der Waals surface area (Å²) >= 11 is 0. The van der Waals surface area contributed by atoms with E-state index in [0.717, 1.165) is 6.34 Å². The van der Waals surface area contributed by atoms with Gasteiger partial charge in [0.05, 0.1) is 6.61 Å². The zero-order valence-electron chi connectivity index (χ0n) is 16.4. The fourth-order valence-electron chi connectivity index (χ4n) is 3.49. The lowest BCUT2D eigenvalue weighted by molar-refractivity contribution is -0.118. The van der Waals surface area contributed by atoms with Gasteiger partial charge in [-0.05, 0) is 12.1 Å². The molecule has 1 saturated heterocycles. The molecule has 1 unspecified atom stereocenters. The topological polar surface area (TPSA) is 212 Å². The Morgan fingerprint density at radius 3 is 2.72 bits per heavy atom. The average Bonchev–Trinajstić information content (AvgIpc) is 3.29. The van der Waals surface area contributed by atoms with Gasteiger partial charge in [-0.1, -0.05) is 18.2 Å². The number of benzene rings is 1. The number of hydrogen-bond donors (Lipinski definition) is 6. The van der Waals surface area contributed by atoms with E-state index < -0.39 is 50.5 Å². The highest BCUT2D eigenvalue weighted by atomic mass is 31.2. The molecule has 3 heterocycles. The van der Waals surface area contributed by atoms with Gasteiger partial charge < -0.3 is 35.0 Å². The smallest absolute Gasteiger partial charge is 0.387 e. The third-order valence-corrected chi connectivity index (χ3v) is 5.58. The van der Waals surface area contributed by atoms with Gasteiger partial charge in [0, 0.05) is 5.69 Å². The third-order valence-electron chi connectivity index (χ3n) is 5.10. The summed E-state index contributed by atoms with van der Waals surface area (Å²) in [7, 11) is -4.80. The lowest BCUT2D eigenvalue weighted by atomic mass is 10.0. The number of amides is 1. The van der Waals surface area contributed by atoms with Gasteiger partial charge in [-0.3, -0.25) is 20.0 Å². The number of aliphatic hydroxyl groups is 2. The average molecular weight is 468 g/mol. The Bertz CT molecular complexity index is 1030. The molecule has 32 heavy (non-hydrogen) atoms. The number of fused-ring (bicyclic) bond motifs is 1. The van der Waals surface area contributed by atoms with E-state index in [1.165, 1.54) is 4.90 Å². The van der Waals surface area contributed by atoms with Gasteiger partial charge in [-0.25, -0.2) is 14.5 Å². The Kier molecular flexibility index (Phi) is 5.96. The number of anilines is 1. The number of ether oxygens (including phenoxy) is 1. The number of nitrogens with zero attached hydrogens (tertiary/aromatic N) is 4. The Morgan fingerprint density at radius 1 is 1.31 bits per heavy atom. The van der Waals surface area contributed by atoms with E-state index in [9.17, 15) is 19.6 Å². The number of aliphatic hydroxyl groups excluding tert-OH is 2. The number of phosphoric acid groups is 1. The number of nitrogens with two attached hydrogens (primary N) is 1. The minimum Gasteiger partial charge on any atom is -0.387 e. The Balaban J connectivity index is 1.50. The van der Waals surface area contributed by atoms with Gasteiger partial charge in [0.25, 0.3) is 5.91 Å². The van der Waals surface area contributed by atoms with Crippen LogP contribution < -0.4 is 11.1 Å². The van der Waals surface area contributed by atoms with Gasteiger partial charge in [0.2, 0.25) is 5.66 Å². The molecule has 172 valence electrons. The minimum absolute atomic E-state index is 0.0358. The van der Waals surface area contributed by atoms with E-state index >= 15 is 0 Å². The van der Waals surface area contributed by atoms with Gasteiger partial charge >= 0.3 is 7.82 Å². The first-order valence-corrected chi connectivity index (χ1v) is 10.9. The third kappa shape index (κ3) is 4.22. The molecule has 0 aromatic heterocycles. The molecule has 3 aliphatic heterocycles. The number of carbonyl (C=O) groups is 1. The molecule has 15 heteroatoms. The summed E-state index contributed by atoms with van der Waals surface area (Å²) in [6.07, 6.45) is -4.32. The molecular formula is C17H21N6O8P. The molecular weight excluding hydrogens is 447 g/mol. The summed E-state index contributed by atoms with van der Waals surface area (Å²) in [6, 6.07) is 8.61. The molecule has 14 nitrogen and oxygen atoms in total. The van der Waals surface area contributed by atoms with Crippen LogP contribution >= 0.6 is 7.82 Å². The van der Waals surface area contributed by atoms with Crippen LogP contribution in [0, 0.1) is 0 Å². The summed E-state index contributed by atoms with van der Waals surface area (Å²) in [5.74, 6) is -0.549. The maximum Gasteiger partial charge on any atom is 0.469 e. The molecule has 0 saturated carbocycles. The van der Waals surface area contributed by atoms with Crippen LogP contribution in [0.5, 0.6) is 0 Å². The first kappa shape index (κ1) is 22.6. The van der Waals surface area contributed by atoms with Crippen LogP contribution in [0.15, 0.2) is 45.3 Å². The van der Waals surface area contributed by atoms with Gasteiger partial charge in [0.1, 0.15) is 37.0 Å². The molecule has 3 aliphatic rings. The number of carbonyl (C=O) groups excluding carboxylic acids is 1. The first-order chi connectivity index (χ1) is 15.1. The Hall–Kier alpha value is -2.55. The monoisotopic (exact) mass is 468 g/mol. The minimum atomic E-state index is -4.80. The summed E-state index contributed by atoms with van der Waals surface area (Å²) in [5.41, 5.74) is 4.92. The van der Waals surface area contributed by atoms with Crippen LogP contribution in [0.25, 0.3) is 0 Å². The normalized spacial score (nSPS) is 31.8. The molecule has 0 spiro atoms. The van der Waals surface area contributed by atoms with E-state index in [1.807, 2.05) is 0 Å². The number of rotatable bonds is 6. The highest BCUT2D eigenvalue weighted by molar-refractivity contribution is 7.46. The number of amidine groups is 1. The van der Waals surface area contributed by atoms with Crippen molar-refractivity contribution in [1.82, 2.24) is 4.90 Å². The summed E-state index contributed by atoms with van der Waals surface area (Å²) in [5, 5.41) is 23.3. The van der Waals surface area contributed by atoms with Gasteiger partial charge in [0.15, 0.2) is 12.1 Å². The van der Waals surface area contributed by atoms with Crippen molar-refractivity contribution in [2.45, 2.75) is 30.2 Å². The van der Waals surface area contributed by atoms with E-state index in [4.69, 9.17) is 20.3 Å². The fraction of sp³-hybridized carbons (Fsp3) is 0.412. The Labute approximate surface area is 181 Å². The SMILES string of the molecule is NC1(C(=O)Nc2ccccc2)N=CN=C2C1=NCN2[C@@H]1O[C@H](COP(=O)(O)O)[C@@H](O)[C@H]1O. The molecule has 1 aromatic rings. The zero-order chi connectivity index (χ0) is 23.1. The van der Waals surface area contributed by atoms with Crippen LogP contribution in [0.2, 0.25) is 0 Å². The van der Waals surface area contributed by atoms with Crippen molar-refractivity contribution >= 4 is 37.3 Å². The molecule has 0 bridgehead atoms. The first-order valence-electron chi connectivity index (χ1n) is 9.40. The highest BCUT2D eigenvalue weighted by Crippen LogP contribution is 2.37. The van der Waals surface area contributed by atoms with Crippen molar-refractivity contribution in [2.24, 2.45) is 20.7 Å². The molecule has 5 atom stereocenters. The Morgan fingerprint density at radius 2 is 2.03 bits per heavy atom. The molecule has 1 amide bonds. The zero-order valence-corrected chi connectivity index (χ0v) is 17.3. The number of hydrogen-bond acceptors (Lipinski definition) is 11. The number of para-hydroxylation sites is 1. The molecule has 0 radical (unpaired) electrons. The van der Waals surface area contributed by atoms with Crippen molar-refractivity contribution in [1.29, 1.82) is 0 Å². The second-order valence-corrected chi connectivity index (χ2v) is 8.47. The van der Waals surface area contributed by atoms with E-state index in [1.54, 1.807) is 30.3 Å². The lowest BCUT2D eigenvalue weighted by Gasteiger charge is -2.31. The van der Waals surface area contributed by atoms with Crippen molar-refractivity contribution < 1.29 is 38.6 Å². The standard InChI is InChI=1S/C17H21N6O8P/c18-17(16(26)22-9-4-2-1-3-5-9)13-14(19-7-21-17)23(8-20-13)15-12(25)11(24)10(31-15)6-30-32(27,28)29/h1-5,7,10-12,15,24-25H,6,8,18H2,(H,22,26)(H2,27,28,29)/t10-,11-,12-,15-,17?/m1/s1. The van der Waals surface area contributed by atoms with E-state index in [-0.39, 0.29) is 18.2 Å². The van der Waals surface area contributed by atoms with E-state index in [2.05, 4.69) is 24.8 Å². The maximum absolute atomic E-state index is 12.9. The molecule has 1 fully saturated rings. The number of phosphoric ester groups is 1. The second kappa shape index (κ2) is 8.42. The van der Waals surface area contributed by atoms with Gasteiger partial charge in [-0.2, -0.15) is 0 Å². The summed E-state index contributed by atoms with van der Waals surface area (Å²) < 4.78 is 20.9. The van der Waals surface area contributed by atoms with Crippen LogP contribution in [-0.2, 0) is 18.6 Å². The summed E-state index contributed by atoms with van der Waals surface area (Å²) in [6.45, 7) is -0.773. The molecule has 7 N–H and O–H groups in total. The predicted octanol–water partition coefficient (Wildman–Crippen LogP) is -2.01.